The van der Waals surface area contributed by atoms with E-state index in [1.807, 2.05) is 30.3 Å². The molecular formula is C22H17N5O5. The Bertz CT molecular complexity index is 1300. The molecule has 32 heavy (non-hydrogen) atoms. The van der Waals surface area contributed by atoms with Gasteiger partial charge in [-0.05, 0) is 29.0 Å². The smallest absolute Gasteiger partial charge is 0.269 e. The van der Waals surface area contributed by atoms with Gasteiger partial charge in [-0.2, -0.15) is 0 Å². The first-order valence-electron chi connectivity index (χ1n) is 9.56. The van der Waals surface area contributed by atoms with Crippen LogP contribution in [-0.2, 0) is 17.9 Å². The molecule has 0 fully saturated rings. The molecule has 0 unspecified atom stereocenters. The highest BCUT2D eigenvalue weighted by molar-refractivity contribution is 6.00. The fourth-order valence-electron chi connectivity index (χ4n) is 3.20. The minimum Gasteiger partial charge on any atom is -0.486 e. The lowest BCUT2D eigenvalue weighted by molar-refractivity contribution is -0.384. The number of non-ortho nitro benzene ring substituents is 1. The first kappa shape index (κ1) is 20.7. The van der Waals surface area contributed by atoms with Crippen molar-refractivity contribution in [2.75, 3.05) is 5.32 Å². The van der Waals surface area contributed by atoms with E-state index in [-0.39, 0.29) is 24.7 Å². The van der Waals surface area contributed by atoms with E-state index < -0.39 is 4.92 Å². The fraction of sp³-hybridized carbons (Fsp3) is 0.0909. The molecule has 0 aliphatic heterocycles. The van der Waals surface area contributed by atoms with Crippen LogP contribution in [0.25, 0.3) is 10.8 Å². The third-order valence-electron chi connectivity index (χ3n) is 4.78. The molecule has 0 radical (unpaired) electrons. The Hall–Kier alpha value is -4.60. The first-order valence-corrected chi connectivity index (χ1v) is 9.56. The van der Waals surface area contributed by atoms with Gasteiger partial charge in [0.1, 0.15) is 18.9 Å². The zero-order chi connectivity index (χ0) is 22.5. The second-order valence-corrected chi connectivity index (χ2v) is 6.84. The van der Waals surface area contributed by atoms with Gasteiger partial charge in [-0.1, -0.05) is 35.5 Å². The van der Waals surface area contributed by atoms with Gasteiger partial charge in [0.15, 0.2) is 6.29 Å². The lowest BCUT2D eigenvalue weighted by Gasteiger charge is -2.12. The normalized spacial score (nSPS) is 10.6. The van der Waals surface area contributed by atoms with Crippen LogP contribution in [0.3, 0.4) is 0 Å². The molecule has 0 bridgehead atoms. The van der Waals surface area contributed by atoms with Gasteiger partial charge < -0.3 is 10.1 Å². The minimum absolute atomic E-state index is 0.0526. The van der Waals surface area contributed by atoms with Gasteiger partial charge in [-0.3, -0.25) is 19.7 Å². The molecule has 1 aromatic heterocycles. The van der Waals surface area contributed by atoms with Crippen LogP contribution >= 0.6 is 0 Å². The maximum absolute atomic E-state index is 12.4. The molecule has 10 heteroatoms. The predicted molar refractivity (Wildman–Crippen MR) is 115 cm³/mol. The van der Waals surface area contributed by atoms with Crippen LogP contribution in [0.5, 0.6) is 5.75 Å². The number of nitro groups is 1. The molecule has 0 aliphatic carbocycles. The Kier molecular flexibility index (Phi) is 5.84. The Morgan fingerprint density at radius 2 is 1.91 bits per heavy atom. The van der Waals surface area contributed by atoms with E-state index in [0.29, 0.717) is 22.7 Å². The molecule has 4 aromatic rings. The number of aldehydes is 1. The second kappa shape index (κ2) is 9.04. The number of nitrogens with zero attached hydrogens (tertiary/aromatic N) is 4. The van der Waals surface area contributed by atoms with Crippen LogP contribution in [0, 0.1) is 10.1 Å². The van der Waals surface area contributed by atoms with Gasteiger partial charge in [-0.15, -0.1) is 5.10 Å². The summed E-state index contributed by atoms with van der Waals surface area (Å²) in [5.74, 6) is 0.0340. The maximum atomic E-state index is 12.4. The van der Waals surface area contributed by atoms with Gasteiger partial charge in [0.05, 0.1) is 22.4 Å². The lowest BCUT2D eigenvalue weighted by atomic mass is 10.0. The Labute approximate surface area is 181 Å². The molecule has 10 nitrogen and oxygen atoms in total. The van der Waals surface area contributed by atoms with E-state index in [4.69, 9.17) is 4.74 Å². The van der Waals surface area contributed by atoms with Gasteiger partial charge in [0.2, 0.25) is 5.91 Å². The number of anilines is 1. The standard InChI is InChI=1S/C22H17N5O5/c28-13-20-19-4-2-1-3-15(19)5-10-21(20)32-14-18-11-23-25-26(18)12-22(29)24-16-6-8-17(9-7-16)27(30)31/h1-11,13H,12,14H2,(H,24,29). The SMILES string of the molecule is O=Cc1c(OCc2cnnn2CC(=O)Nc2ccc([N+](=O)[O-])cc2)ccc2ccccc12. The molecule has 1 heterocycles. The molecule has 4 rings (SSSR count). The molecule has 1 amide bonds. The number of hydrogen-bond acceptors (Lipinski definition) is 7. The highest BCUT2D eigenvalue weighted by Crippen LogP contribution is 2.27. The van der Waals surface area contributed by atoms with Crippen molar-refractivity contribution in [2.45, 2.75) is 13.2 Å². The fourth-order valence-corrected chi connectivity index (χ4v) is 3.20. The molecule has 0 spiro atoms. The minimum atomic E-state index is -0.515. The van der Waals surface area contributed by atoms with E-state index in [2.05, 4.69) is 15.6 Å². The molecular weight excluding hydrogens is 414 g/mol. The number of carbonyl (C=O) groups is 2. The monoisotopic (exact) mass is 431 g/mol. The van der Waals surface area contributed by atoms with Crippen molar-refractivity contribution in [3.05, 3.63) is 88.2 Å². The summed E-state index contributed by atoms with van der Waals surface area (Å²) in [6.45, 7) is -0.0784. The van der Waals surface area contributed by atoms with E-state index in [1.54, 1.807) is 6.07 Å². The van der Waals surface area contributed by atoms with E-state index in [0.717, 1.165) is 17.1 Å². The van der Waals surface area contributed by atoms with E-state index >= 15 is 0 Å². The highest BCUT2D eigenvalue weighted by Gasteiger charge is 2.13. The van der Waals surface area contributed by atoms with Crippen LogP contribution < -0.4 is 10.1 Å². The molecule has 0 aliphatic rings. The summed E-state index contributed by atoms with van der Waals surface area (Å²) in [5, 5.41) is 22.8. The zero-order valence-electron chi connectivity index (χ0n) is 16.7. The Morgan fingerprint density at radius 3 is 2.66 bits per heavy atom. The summed E-state index contributed by atoms with van der Waals surface area (Å²) in [5.41, 5.74) is 1.33. The molecule has 0 atom stereocenters. The topological polar surface area (TPSA) is 129 Å². The second-order valence-electron chi connectivity index (χ2n) is 6.84. The van der Waals surface area contributed by atoms with Crippen LogP contribution in [0.2, 0.25) is 0 Å². The number of rotatable bonds is 8. The average Bonchev–Trinajstić information content (AvgIpc) is 3.24. The molecule has 0 saturated carbocycles. The predicted octanol–water partition coefficient (Wildman–Crippen LogP) is 3.37. The average molecular weight is 431 g/mol. The number of ether oxygens (including phenoxy) is 1. The van der Waals surface area contributed by atoms with Gasteiger partial charge in [0, 0.05) is 17.8 Å². The van der Waals surface area contributed by atoms with Gasteiger partial charge in [-0.25, -0.2) is 4.68 Å². The first-order chi connectivity index (χ1) is 15.5. The van der Waals surface area contributed by atoms with E-state index in [1.165, 1.54) is 35.1 Å². The van der Waals surface area contributed by atoms with Crippen molar-refractivity contribution >= 4 is 34.3 Å². The summed E-state index contributed by atoms with van der Waals surface area (Å²) in [6, 6.07) is 16.6. The number of hydrogen-bond donors (Lipinski definition) is 1. The summed E-state index contributed by atoms with van der Waals surface area (Å²) in [7, 11) is 0. The van der Waals surface area contributed by atoms with Crippen molar-refractivity contribution in [3.8, 4) is 5.75 Å². The molecule has 0 saturated heterocycles. The summed E-state index contributed by atoms with van der Waals surface area (Å²) in [6.07, 6.45) is 2.23. The Balaban J connectivity index is 1.43. The zero-order valence-corrected chi connectivity index (χ0v) is 16.7. The van der Waals surface area contributed by atoms with Crippen molar-refractivity contribution in [1.29, 1.82) is 0 Å². The van der Waals surface area contributed by atoms with Crippen LogP contribution in [0.1, 0.15) is 16.1 Å². The molecule has 160 valence electrons. The van der Waals surface area contributed by atoms with Gasteiger partial charge >= 0.3 is 0 Å². The third-order valence-corrected chi connectivity index (χ3v) is 4.78. The number of amides is 1. The number of benzene rings is 3. The third kappa shape index (κ3) is 4.43. The van der Waals surface area contributed by atoms with Crippen molar-refractivity contribution in [2.24, 2.45) is 0 Å². The quantitative estimate of drug-likeness (QED) is 0.257. The van der Waals surface area contributed by atoms with Crippen LogP contribution in [0.4, 0.5) is 11.4 Å². The summed E-state index contributed by atoms with van der Waals surface area (Å²) in [4.78, 5) is 34.2. The summed E-state index contributed by atoms with van der Waals surface area (Å²) >= 11 is 0. The number of nitro benzene ring substituents is 1. The van der Waals surface area contributed by atoms with Crippen LogP contribution in [-0.4, -0.2) is 32.1 Å². The number of carbonyl (C=O) groups excluding carboxylic acids is 2. The number of nitrogens with one attached hydrogen (secondary N) is 1. The van der Waals surface area contributed by atoms with Crippen molar-refractivity contribution < 1.29 is 19.2 Å². The van der Waals surface area contributed by atoms with E-state index in [9.17, 15) is 19.7 Å². The summed E-state index contributed by atoms with van der Waals surface area (Å²) < 4.78 is 7.21. The number of fused-ring (bicyclic) bond motifs is 1. The molecule has 3 aromatic carbocycles. The molecule has 1 N–H and O–H groups in total. The lowest BCUT2D eigenvalue weighted by Crippen LogP contribution is -2.21. The Morgan fingerprint density at radius 1 is 1.12 bits per heavy atom. The van der Waals surface area contributed by atoms with Gasteiger partial charge in [0.25, 0.3) is 5.69 Å². The maximum Gasteiger partial charge on any atom is 0.269 e. The van der Waals surface area contributed by atoms with Crippen molar-refractivity contribution in [3.63, 3.8) is 0 Å². The van der Waals surface area contributed by atoms with Crippen molar-refractivity contribution in [1.82, 2.24) is 15.0 Å². The van der Waals surface area contributed by atoms with Crippen LogP contribution in [0.15, 0.2) is 66.9 Å². The largest absolute Gasteiger partial charge is 0.486 e. The number of aromatic nitrogens is 3. The highest BCUT2D eigenvalue weighted by atomic mass is 16.6.